The Hall–Kier alpha value is -1.53. The molecule has 0 radical (unpaired) electrons. The maximum atomic E-state index is 11.5. The van der Waals surface area contributed by atoms with Crippen LogP contribution in [0.3, 0.4) is 0 Å². The Bertz CT molecular complexity index is 510. The normalized spacial score (nSPS) is 10.8. The van der Waals surface area contributed by atoms with E-state index in [9.17, 15) is 9.59 Å². The van der Waals surface area contributed by atoms with E-state index in [1.807, 2.05) is 0 Å². The van der Waals surface area contributed by atoms with Crippen LogP contribution in [0.5, 0.6) is 0 Å². The number of nitrogens with one attached hydrogen (secondary N) is 1. The largest absolute Gasteiger partial charge is 0.466 e. The highest BCUT2D eigenvalue weighted by atomic mass is 79.9. The summed E-state index contributed by atoms with van der Waals surface area (Å²) in [6, 6.07) is 4.98. The summed E-state index contributed by atoms with van der Waals surface area (Å²) in [4.78, 5) is 22.7. The van der Waals surface area contributed by atoms with E-state index in [4.69, 9.17) is 11.6 Å². The van der Waals surface area contributed by atoms with Crippen molar-refractivity contribution >= 4 is 45.2 Å². The lowest BCUT2D eigenvalue weighted by atomic mass is 10.3. The molecule has 7 heteroatoms. The van der Waals surface area contributed by atoms with Crippen molar-refractivity contribution in [2.45, 2.75) is 0 Å². The summed E-state index contributed by atoms with van der Waals surface area (Å²) >= 11 is 9.15. The van der Waals surface area contributed by atoms with Gasteiger partial charge >= 0.3 is 11.9 Å². The molecule has 1 aromatic carbocycles. The van der Waals surface area contributed by atoms with Crippen molar-refractivity contribution in [3.05, 3.63) is 39.5 Å². The van der Waals surface area contributed by atoms with Crippen LogP contribution in [0.2, 0.25) is 5.02 Å². The molecule has 0 bridgehead atoms. The summed E-state index contributed by atoms with van der Waals surface area (Å²) < 4.78 is 9.76. The first-order valence-corrected chi connectivity index (χ1v) is 6.24. The first-order chi connectivity index (χ1) is 8.96. The highest BCUT2D eigenvalue weighted by Crippen LogP contribution is 2.24. The highest BCUT2D eigenvalue weighted by molar-refractivity contribution is 9.10. The Morgan fingerprint density at radius 3 is 2.47 bits per heavy atom. The number of carbonyl (C=O) groups is 2. The molecule has 0 unspecified atom stereocenters. The summed E-state index contributed by atoms with van der Waals surface area (Å²) in [6.45, 7) is 0. The molecule has 0 heterocycles. The Balaban J connectivity index is 3.04. The van der Waals surface area contributed by atoms with E-state index in [1.54, 1.807) is 18.2 Å². The second-order valence-electron chi connectivity index (χ2n) is 3.36. The maximum Gasteiger partial charge on any atom is 0.354 e. The van der Waals surface area contributed by atoms with E-state index in [1.165, 1.54) is 14.2 Å². The third-order valence-electron chi connectivity index (χ3n) is 2.01. The van der Waals surface area contributed by atoms with Gasteiger partial charge in [-0.2, -0.15) is 0 Å². The SMILES string of the molecule is COC(=O)/C=C(/Nc1cc(Cl)cc(Br)c1)C(=O)OC. The Labute approximate surface area is 123 Å². The van der Waals surface area contributed by atoms with Gasteiger partial charge in [0, 0.05) is 15.2 Å². The van der Waals surface area contributed by atoms with Crippen LogP contribution in [0.4, 0.5) is 5.69 Å². The van der Waals surface area contributed by atoms with Crippen molar-refractivity contribution in [1.29, 1.82) is 0 Å². The van der Waals surface area contributed by atoms with Crippen LogP contribution in [0.15, 0.2) is 34.4 Å². The third kappa shape index (κ3) is 4.92. The van der Waals surface area contributed by atoms with Crippen LogP contribution in [0, 0.1) is 0 Å². The molecule has 0 atom stereocenters. The zero-order chi connectivity index (χ0) is 14.4. The average Bonchev–Trinajstić information content (AvgIpc) is 2.35. The zero-order valence-electron chi connectivity index (χ0n) is 10.2. The smallest absolute Gasteiger partial charge is 0.354 e. The number of hydrogen-bond donors (Lipinski definition) is 1. The Morgan fingerprint density at radius 2 is 1.95 bits per heavy atom. The van der Waals surface area contributed by atoms with Gasteiger partial charge in [-0.05, 0) is 18.2 Å². The molecule has 0 saturated carbocycles. The monoisotopic (exact) mass is 347 g/mol. The molecule has 0 spiro atoms. The fourth-order valence-electron chi connectivity index (χ4n) is 1.21. The molecule has 0 aliphatic rings. The minimum atomic E-state index is -0.693. The molecule has 0 aromatic heterocycles. The molecular formula is C12H11BrClNO4. The van der Waals surface area contributed by atoms with E-state index in [2.05, 4.69) is 30.7 Å². The van der Waals surface area contributed by atoms with Crippen molar-refractivity contribution < 1.29 is 19.1 Å². The molecular weight excluding hydrogens is 337 g/mol. The number of anilines is 1. The van der Waals surface area contributed by atoms with Crippen LogP contribution >= 0.6 is 27.5 Å². The molecule has 1 rings (SSSR count). The van der Waals surface area contributed by atoms with Crippen molar-refractivity contribution in [2.75, 3.05) is 19.5 Å². The number of rotatable bonds is 4. The van der Waals surface area contributed by atoms with Crippen LogP contribution < -0.4 is 5.32 Å². The number of carbonyl (C=O) groups excluding carboxylic acids is 2. The van der Waals surface area contributed by atoms with Crippen LogP contribution in [0.1, 0.15) is 0 Å². The van der Waals surface area contributed by atoms with Gasteiger partial charge in [-0.15, -0.1) is 0 Å². The molecule has 0 fully saturated rings. The predicted molar refractivity (Wildman–Crippen MR) is 74.9 cm³/mol. The zero-order valence-corrected chi connectivity index (χ0v) is 12.5. The van der Waals surface area contributed by atoms with Gasteiger partial charge < -0.3 is 14.8 Å². The lowest BCUT2D eigenvalue weighted by Gasteiger charge is -2.09. The van der Waals surface area contributed by atoms with E-state index in [0.29, 0.717) is 10.7 Å². The summed E-state index contributed by atoms with van der Waals surface area (Å²) in [7, 11) is 2.42. The fourth-order valence-corrected chi connectivity index (χ4v) is 2.07. The third-order valence-corrected chi connectivity index (χ3v) is 2.69. The summed E-state index contributed by atoms with van der Waals surface area (Å²) in [5.74, 6) is -1.37. The number of halogens is 2. The minimum absolute atomic E-state index is 0.0523. The van der Waals surface area contributed by atoms with E-state index >= 15 is 0 Å². The van der Waals surface area contributed by atoms with Gasteiger partial charge in [0.25, 0.3) is 0 Å². The molecule has 1 N–H and O–H groups in total. The average molecular weight is 349 g/mol. The standard InChI is InChI=1S/C12H11BrClNO4/c1-18-11(16)6-10(12(17)19-2)15-9-4-7(13)3-8(14)5-9/h3-6,15H,1-2H3/b10-6+. The molecule has 19 heavy (non-hydrogen) atoms. The number of esters is 2. The molecule has 0 aliphatic heterocycles. The maximum absolute atomic E-state index is 11.5. The molecule has 102 valence electrons. The number of hydrogen-bond acceptors (Lipinski definition) is 5. The molecule has 0 amide bonds. The first-order valence-electron chi connectivity index (χ1n) is 5.07. The van der Waals surface area contributed by atoms with Gasteiger partial charge in [0.15, 0.2) is 0 Å². The van der Waals surface area contributed by atoms with Gasteiger partial charge in [-0.1, -0.05) is 27.5 Å². The summed E-state index contributed by atoms with van der Waals surface area (Å²) in [6.07, 6.45) is 1.00. The molecule has 5 nitrogen and oxygen atoms in total. The lowest BCUT2D eigenvalue weighted by molar-refractivity contribution is -0.138. The van der Waals surface area contributed by atoms with Gasteiger partial charge in [-0.3, -0.25) is 0 Å². The lowest BCUT2D eigenvalue weighted by Crippen LogP contribution is -2.15. The fraction of sp³-hybridized carbons (Fsp3) is 0.167. The van der Waals surface area contributed by atoms with Gasteiger partial charge in [0.05, 0.1) is 20.3 Å². The first kappa shape index (κ1) is 15.5. The van der Waals surface area contributed by atoms with Crippen LogP contribution in [0.25, 0.3) is 0 Å². The number of benzene rings is 1. The molecule has 0 aliphatic carbocycles. The van der Waals surface area contributed by atoms with E-state index in [0.717, 1.165) is 10.5 Å². The summed E-state index contributed by atoms with van der Waals surface area (Å²) in [5, 5.41) is 3.22. The second kappa shape index (κ2) is 7.16. The second-order valence-corrected chi connectivity index (χ2v) is 4.71. The van der Waals surface area contributed by atoms with Gasteiger partial charge in [0.2, 0.25) is 0 Å². The Morgan fingerprint density at radius 1 is 1.26 bits per heavy atom. The van der Waals surface area contributed by atoms with Crippen LogP contribution in [-0.2, 0) is 19.1 Å². The number of ether oxygens (including phenoxy) is 2. The molecule has 0 saturated heterocycles. The Kier molecular flexibility index (Phi) is 5.85. The van der Waals surface area contributed by atoms with Crippen molar-refractivity contribution in [3.8, 4) is 0 Å². The number of methoxy groups -OCH3 is 2. The predicted octanol–water partition coefficient (Wildman–Crippen LogP) is 2.74. The van der Waals surface area contributed by atoms with E-state index in [-0.39, 0.29) is 5.70 Å². The van der Waals surface area contributed by atoms with Crippen molar-refractivity contribution in [3.63, 3.8) is 0 Å². The van der Waals surface area contributed by atoms with Crippen LogP contribution in [-0.4, -0.2) is 26.2 Å². The minimum Gasteiger partial charge on any atom is -0.466 e. The van der Waals surface area contributed by atoms with Gasteiger partial charge in [-0.25, -0.2) is 9.59 Å². The highest BCUT2D eigenvalue weighted by Gasteiger charge is 2.13. The van der Waals surface area contributed by atoms with Gasteiger partial charge in [0.1, 0.15) is 5.70 Å². The summed E-state index contributed by atoms with van der Waals surface area (Å²) in [5.41, 5.74) is 0.475. The van der Waals surface area contributed by atoms with E-state index < -0.39 is 11.9 Å². The topological polar surface area (TPSA) is 64.6 Å². The van der Waals surface area contributed by atoms with Crippen molar-refractivity contribution in [1.82, 2.24) is 0 Å². The molecule has 1 aromatic rings. The quantitative estimate of drug-likeness (QED) is 0.669. The van der Waals surface area contributed by atoms with Crippen molar-refractivity contribution in [2.24, 2.45) is 0 Å².